The number of methoxy groups -OCH3 is 1. The lowest BCUT2D eigenvalue weighted by atomic mass is 10.0. The second-order valence-corrected chi connectivity index (χ2v) is 3.71. The molecule has 0 unspecified atom stereocenters. The molecule has 0 heterocycles. The van der Waals surface area contributed by atoms with Crippen molar-refractivity contribution in [2.75, 3.05) is 7.11 Å². The summed E-state index contributed by atoms with van der Waals surface area (Å²) in [4.78, 5) is 11.0. The molecule has 0 radical (unpaired) electrons. The van der Waals surface area contributed by atoms with Gasteiger partial charge in [0.05, 0.1) is 7.11 Å². The van der Waals surface area contributed by atoms with Crippen LogP contribution < -0.4 is 4.74 Å². The summed E-state index contributed by atoms with van der Waals surface area (Å²) in [5, 5.41) is 0. The van der Waals surface area contributed by atoms with Crippen molar-refractivity contribution in [2.24, 2.45) is 0 Å². The minimum Gasteiger partial charge on any atom is -0.469 e. The van der Waals surface area contributed by atoms with Gasteiger partial charge in [-0.2, -0.15) is 0 Å². The van der Waals surface area contributed by atoms with Crippen molar-refractivity contribution in [1.82, 2.24) is 0 Å². The van der Waals surface area contributed by atoms with E-state index in [0.29, 0.717) is 12.0 Å². The second kappa shape index (κ2) is 5.75. The van der Waals surface area contributed by atoms with Gasteiger partial charge in [0.2, 0.25) is 0 Å². The highest BCUT2D eigenvalue weighted by molar-refractivity contribution is 5.69. The van der Waals surface area contributed by atoms with Crippen LogP contribution in [0.5, 0.6) is 5.75 Å². The third-order valence-corrected chi connectivity index (χ3v) is 2.37. The fourth-order valence-electron chi connectivity index (χ4n) is 1.48. The first-order valence-electron chi connectivity index (χ1n) is 5.24. The largest absolute Gasteiger partial charge is 0.573 e. The first kappa shape index (κ1) is 14.3. The zero-order valence-corrected chi connectivity index (χ0v) is 10.0. The van der Waals surface area contributed by atoms with Crippen molar-refractivity contribution < 1.29 is 27.4 Å². The lowest BCUT2D eigenvalue weighted by molar-refractivity contribution is -0.274. The van der Waals surface area contributed by atoms with Crippen LogP contribution >= 0.6 is 0 Å². The lowest BCUT2D eigenvalue weighted by Crippen LogP contribution is -2.17. The second-order valence-electron chi connectivity index (χ2n) is 3.71. The number of ether oxygens (including phenoxy) is 2. The van der Waals surface area contributed by atoms with E-state index in [0.717, 1.165) is 5.56 Å². The van der Waals surface area contributed by atoms with Gasteiger partial charge in [-0.05, 0) is 36.6 Å². The van der Waals surface area contributed by atoms with Gasteiger partial charge in [0.25, 0.3) is 0 Å². The molecule has 3 nitrogen and oxygen atoms in total. The Bertz CT molecular complexity index is 427. The molecule has 0 aromatic heterocycles. The molecule has 0 saturated carbocycles. The predicted octanol–water partition coefficient (Wildman–Crippen LogP) is 3.00. The van der Waals surface area contributed by atoms with Crippen LogP contribution in [0, 0.1) is 6.92 Å². The number of carbonyl (C=O) groups excluding carboxylic acids is 1. The lowest BCUT2D eigenvalue weighted by Gasteiger charge is -2.11. The molecule has 1 aromatic carbocycles. The monoisotopic (exact) mass is 262 g/mol. The van der Waals surface area contributed by atoms with Crippen LogP contribution in [0.1, 0.15) is 17.5 Å². The Morgan fingerprint density at radius 1 is 1.33 bits per heavy atom. The van der Waals surface area contributed by atoms with E-state index < -0.39 is 6.36 Å². The van der Waals surface area contributed by atoms with Crippen molar-refractivity contribution in [3.8, 4) is 5.75 Å². The zero-order chi connectivity index (χ0) is 13.8. The van der Waals surface area contributed by atoms with E-state index >= 15 is 0 Å². The normalized spacial score (nSPS) is 11.2. The number of halogens is 3. The van der Waals surface area contributed by atoms with E-state index in [4.69, 9.17) is 0 Å². The molecule has 18 heavy (non-hydrogen) atoms. The van der Waals surface area contributed by atoms with E-state index in [2.05, 4.69) is 9.47 Å². The summed E-state index contributed by atoms with van der Waals surface area (Å²) in [6.45, 7) is 1.66. The highest BCUT2D eigenvalue weighted by Gasteiger charge is 2.31. The third kappa shape index (κ3) is 4.65. The fourth-order valence-corrected chi connectivity index (χ4v) is 1.48. The molecule has 0 amide bonds. The van der Waals surface area contributed by atoms with Gasteiger partial charge >= 0.3 is 12.3 Å². The molecule has 0 spiro atoms. The molecule has 0 bridgehead atoms. The molecule has 0 saturated heterocycles. The smallest absolute Gasteiger partial charge is 0.469 e. The number of alkyl halides is 3. The fraction of sp³-hybridized carbons (Fsp3) is 0.417. The Balaban J connectivity index is 2.71. The molecule has 0 fully saturated rings. The third-order valence-electron chi connectivity index (χ3n) is 2.37. The standard InChI is InChI=1S/C12H13F3O3/c1-8-7-10(18-12(13,14)15)5-3-9(8)4-6-11(16)17-2/h3,5,7H,4,6H2,1-2H3. The van der Waals surface area contributed by atoms with Gasteiger partial charge in [-0.1, -0.05) is 6.07 Å². The van der Waals surface area contributed by atoms with Crippen molar-refractivity contribution in [2.45, 2.75) is 26.1 Å². The van der Waals surface area contributed by atoms with Gasteiger partial charge in [-0.3, -0.25) is 4.79 Å². The number of esters is 1. The minimum absolute atomic E-state index is 0.191. The van der Waals surface area contributed by atoms with Gasteiger partial charge < -0.3 is 9.47 Å². The van der Waals surface area contributed by atoms with Crippen molar-refractivity contribution in [3.63, 3.8) is 0 Å². The van der Waals surface area contributed by atoms with E-state index in [1.54, 1.807) is 6.92 Å². The van der Waals surface area contributed by atoms with E-state index in [-0.39, 0.29) is 18.1 Å². The SMILES string of the molecule is COC(=O)CCc1ccc(OC(F)(F)F)cc1C. The molecule has 100 valence electrons. The van der Waals surface area contributed by atoms with Crippen molar-refractivity contribution in [3.05, 3.63) is 29.3 Å². The quantitative estimate of drug-likeness (QED) is 0.782. The number of rotatable bonds is 4. The van der Waals surface area contributed by atoms with Crippen molar-refractivity contribution in [1.29, 1.82) is 0 Å². The maximum absolute atomic E-state index is 12.0. The summed E-state index contributed by atoms with van der Waals surface area (Å²) < 4.78 is 44.3. The number of benzene rings is 1. The minimum atomic E-state index is -4.69. The number of aryl methyl sites for hydroxylation is 2. The molecular weight excluding hydrogens is 249 g/mol. The Kier molecular flexibility index (Phi) is 4.58. The number of hydrogen-bond donors (Lipinski definition) is 0. The maximum Gasteiger partial charge on any atom is 0.573 e. The van der Waals surface area contributed by atoms with Crippen LogP contribution in [-0.4, -0.2) is 19.4 Å². The van der Waals surface area contributed by atoms with Gasteiger partial charge in [-0.15, -0.1) is 13.2 Å². The molecule has 0 N–H and O–H groups in total. The zero-order valence-electron chi connectivity index (χ0n) is 10.0. The van der Waals surface area contributed by atoms with Gasteiger partial charge in [0.1, 0.15) is 5.75 Å². The average Bonchev–Trinajstić information content (AvgIpc) is 2.25. The molecule has 0 atom stereocenters. The van der Waals surface area contributed by atoms with Gasteiger partial charge in [-0.25, -0.2) is 0 Å². The highest BCUT2D eigenvalue weighted by atomic mass is 19.4. The van der Waals surface area contributed by atoms with Crippen LogP contribution in [0.4, 0.5) is 13.2 Å². The molecule has 0 aliphatic rings. The van der Waals surface area contributed by atoms with E-state index in [9.17, 15) is 18.0 Å². The van der Waals surface area contributed by atoms with Crippen LogP contribution in [0.3, 0.4) is 0 Å². The topological polar surface area (TPSA) is 35.5 Å². The first-order valence-corrected chi connectivity index (χ1v) is 5.24. The summed E-state index contributed by atoms with van der Waals surface area (Å²) in [6.07, 6.45) is -4.08. The highest BCUT2D eigenvalue weighted by Crippen LogP contribution is 2.25. The molecular formula is C12H13F3O3. The first-order chi connectivity index (χ1) is 8.31. The molecule has 1 aromatic rings. The number of carbonyl (C=O) groups is 1. The molecule has 0 aliphatic carbocycles. The summed E-state index contributed by atoms with van der Waals surface area (Å²) in [7, 11) is 1.29. The van der Waals surface area contributed by atoms with Gasteiger partial charge in [0, 0.05) is 6.42 Å². The van der Waals surface area contributed by atoms with Crippen LogP contribution in [0.25, 0.3) is 0 Å². The van der Waals surface area contributed by atoms with Crippen LogP contribution in [0.15, 0.2) is 18.2 Å². The summed E-state index contributed by atoms with van der Waals surface area (Å²) in [5.41, 5.74) is 1.43. The molecule has 1 rings (SSSR count). The summed E-state index contributed by atoms with van der Waals surface area (Å²) >= 11 is 0. The number of hydrogen-bond acceptors (Lipinski definition) is 3. The van der Waals surface area contributed by atoms with Crippen LogP contribution in [0.2, 0.25) is 0 Å². The Hall–Kier alpha value is -1.72. The van der Waals surface area contributed by atoms with Crippen LogP contribution in [-0.2, 0) is 16.0 Å². The average molecular weight is 262 g/mol. The van der Waals surface area contributed by atoms with Crippen molar-refractivity contribution >= 4 is 5.97 Å². The molecule has 0 aliphatic heterocycles. The Morgan fingerprint density at radius 3 is 2.50 bits per heavy atom. The Morgan fingerprint density at radius 2 is 2.00 bits per heavy atom. The predicted molar refractivity (Wildman–Crippen MR) is 58.2 cm³/mol. The summed E-state index contributed by atoms with van der Waals surface area (Å²) in [5.74, 6) is -0.619. The van der Waals surface area contributed by atoms with Gasteiger partial charge in [0.15, 0.2) is 0 Å². The van der Waals surface area contributed by atoms with E-state index in [1.165, 1.54) is 25.3 Å². The van der Waals surface area contributed by atoms with E-state index in [1.807, 2.05) is 0 Å². The maximum atomic E-state index is 12.0. The summed E-state index contributed by atoms with van der Waals surface area (Å²) in [6, 6.07) is 4.03. The molecule has 6 heteroatoms. The Labute approximate surface area is 103 Å².